The highest BCUT2D eigenvalue weighted by molar-refractivity contribution is 9.10. The summed E-state index contributed by atoms with van der Waals surface area (Å²) in [7, 11) is 3.09. The van der Waals surface area contributed by atoms with Crippen molar-refractivity contribution in [3.05, 3.63) is 58.1 Å². The van der Waals surface area contributed by atoms with Crippen molar-refractivity contribution in [2.45, 2.75) is 0 Å². The fraction of sp³-hybridized carbons (Fsp3) is 0.167. The van der Waals surface area contributed by atoms with Crippen molar-refractivity contribution in [2.24, 2.45) is 5.10 Å². The highest BCUT2D eigenvalue weighted by Crippen LogP contribution is 2.22. The molecule has 0 aliphatic heterocycles. The number of amides is 2. The van der Waals surface area contributed by atoms with Gasteiger partial charge in [0.1, 0.15) is 11.5 Å². The lowest BCUT2D eigenvalue weighted by Gasteiger charge is -2.07. The largest absolute Gasteiger partial charge is 0.497 e. The van der Waals surface area contributed by atoms with Gasteiger partial charge in [-0.05, 0) is 36.4 Å². The van der Waals surface area contributed by atoms with Gasteiger partial charge in [-0.25, -0.2) is 5.43 Å². The maximum absolute atomic E-state index is 12.0. The van der Waals surface area contributed by atoms with E-state index >= 15 is 0 Å². The lowest BCUT2D eigenvalue weighted by Crippen LogP contribution is -2.34. The van der Waals surface area contributed by atoms with Gasteiger partial charge in [-0.15, -0.1) is 0 Å². The van der Waals surface area contributed by atoms with Crippen LogP contribution < -0.4 is 20.2 Å². The topological polar surface area (TPSA) is 89.0 Å². The molecule has 2 aromatic carbocycles. The van der Waals surface area contributed by atoms with E-state index in [2.05, 4.69) is 31.8 Å². The second-order valence-electron chi connectivity index (χ2n) is 5.09. The zero-order valence-corrected chi connectivity index (χ0v) is 15.9. The van der Waals surface area contributed by atoms with Gasteiger partial charge in [0, 0.05) is 15.6 Å². The maximum atomic E-state index is 12.0. The first-order valence-corrected chi connectivity index (χ1v) is 8.40. The van der Waals surface area contributed by atoms with E-state index in [4.69, 9.17) is 9.47 Å². The Labute approximate surface area is 159 Å². The molecule has 0 aliphatic carbocycles. The Kier molecular flexibility index (Phi) is 7.16. The molecule has 2 rings (SSSR count). The number of nitrogens with one attached hydrogen (secondary N) is 2. The number of rotatable bonds is 7. The van der Waals surface area contributed by atoms with Gasteiger partial charge in [0.05, 0.1) is 27.0 Å². The molecule has 136 valence electrons. The Morgan fingerprint density at radius 3 is 2.65 bits per heavy atom. The zero-order chi connectivity index (χ0) is 18.9. The SMILES string of the molecule is COc1ccc(OC)c(/C=N/NC(=O)CNC(=O)c2cccc(Br)c2)c1. The second kappa shape index (κ2) is 9.57. The second-order valence-corrected chi connectivity index (χ2v) is 6.01. The van der Waals surface area contributed by atoms with Crippen LogP contribution in [0.2, 0.25) is 0 Å². The molecule has 0 radical (unpaired) electrons. The van der Waals surface area contributed by atoms with E-state index in [0.717, 1.165) is 4.47 Å². The number of halogens is 1. The van der Waals surface area contributed by atoms with Crippen molar-refractivity contribution in [2.75, 3.05) is 20.8 Å². The molecule has 0 saturated heterocycles. The van der Waals surface area contributed by atoms with Crippen LogP contribution >= 0.6 is 15.9 Å². The smallest absolute Gasteiger partial charge is 0.259 e. The first kappa shape index (κ1) is 19.5. The number of methoxy groups -OCH3 is 2. The van der Waals surface area contributed by atoms with E-state index in [1.165, 1.54) is 13.3 Å². The molecule has 8 heteroatoms. The van der Waals surface area contributed by atoms with Crippen LogP contribution in [0, 0.1) is 0 Å². The van der Waals surface area contributed by atoms with Gasteiger partial charge in [0.25, 0.3) is 11.8 Å². The Bertz CT molecular complexity index is 824. The van der Waals surface area contributed by atoms with Gasteiger partial charge < -0.3 is 14.8 Å². The minimum absolute atomic E-state index is 0.196. The Morgan fingerprint density at radius 2 is 1.96 bits per heavy atom. The molecule has 2 aromatic rings. The third-order valence-electron chi connectivity index (χ3n) is 3.33. The molecule has 0 heterocycles. The standard InChI is InChI=1S/C18H18BrN3O4/c1-25-15-6-7-16(26-2)13(9-15)10-21-22-17(23)11-20-18(24)12-4-3-5-14(19)8-12/h3-10H,11H2,1-2H3,(H,20,24)(H,22,23)/b21-10+. The molecule has 2 amide bonds. The third-order valence-corrected chi connectivity index (χ3v) is 3.82. The normalized spacial score (nSPS) is 10.4. The molecule has 0 aliphatic rings. The predicted octanol–water partition coefficient (Wildman–Crippen LogP) is 2.35. The van der Waals surface area contributed by atoms with Gasteiger partial charge in [-0.1, -0.05) is 22.0 Å². The summed E-state index contributed by atoms with van der Waals surface area (Å²) in [6.45, 7) is -0.196. The van der Waals surface area contributed by atoms with Crippen molar-refractivity contribution in [3.63, 3.8) is 0 Å². The molecule has 0 fully saturated rings. The Balaban J connectivity index is 1.88. The summed E-state index contributed by atoms with van der Waals surface area (Å²) in [5.41, 5.74) is 3.45. The Morgan fingerprint density at radius 1 is 1.15 bits per heavy atom. The van der Waals surface area contributed by atoms with Crippen LogP contribution in [-0.2, 0) is 4.79 Å². The summed E-state index contributed by atoms with van der Waals surface area (Å²) < 4.78 is 11.1. The summed E-state index contributed by atoms with van der Waals surface area (Å²) in [5, 5.41) is 6.40. The van der Waals surface area contributed by atoms with Crippen LogP contribution in [0.25, 0.3) is 0 Å². The van der Waals surface area contributed by atoms with Crippen molar-refractivity contribution < 1.29 is 19.1 Å². The molecule has 7 nitrogen and oxygen atoms in total. The number of nitrogens with zero attached hydrogens (tertiary/aromatic N) is 1. The van der Waals surface area contributed by atoms with Crippen LogP contribution in [0.3, 0.4) is 0 Å². The molecule has 0 unspecified atom stereocenters. The van der Waals surface area contributed by atoms with Gasteiger partial charge in [0.15, 0.2) is 0 Å². The number of hydrogen-bond acceptors (Lipinski definition) is 5. The fourth-order valence-electron chi connectivity index (χ4n) is 2.05. The zero-order valence-electron chi connectivity index (χ0n) is 14.3. The molecule has 0 saturated carbocycles. The van der Waals surface area contributed by atoms with Crippen LogP contribution in [0.4, 0.5) is 0 Å². The van der Waals surface area contributed by atoms with Gasteiger partial charge in [-0.2, -0.15) is 5.10 Å². The van der Waals surface area contributed by atoms with Crippen molar-refractivity contribution >= 4 is 34.0 Å². The highest BCUT2D eigenvalue weighted by Gasteiger charge is 2.08. The molecule has 0 spiro atoms. The van der Waals surface area contributed by atoms with Crippen LogP contribution in [0.1, 0.15) is 15.9 Å². The van der Waals surface area contributed by atoms with E-state index < -0.39 is 5.91 Å². The number of hydrogen-bond donors (Lipinski definition) is 2. The average Bonchev–Trinajstić information content (AvgIpc) is 2.66. The molecular formula is C18H18BrN3O4. The summed E-state index contributed by atoms with van der Waals surface area (Å²) in [4.78, 5) is 23.8. The number of benzene rings is 2. The molecular weight excluding hydrogens is 402 g/mol. The number of carbonyl (C=O) groups is 2. The van der Waals surface area contributed by atoms with E-state index in [0.29, 0.717) is 22.6 Å². The first-order chi connectivity index (χ1) is 12.5. The number of carbonyl (C=O) groups excluding carboxylic acids is 2. The fourth-order valence-corrected chi connectivity index (χ4v) is 2.45. The van der Waals surface area contributed by atoms with Crippen molar-refractivity contribution in [1.29, 1.82) is 0 Å². The van der Waals surface area contributed by atoms with E-state index in [9.17, 15) is 9.59 Å². The average molecular weight is 420 g/mol. The van der Waals surface area contributed by atoms with Gasteiger partial charge in [-0.3, -0.25) is 9.59 Å². The molecule has 0 bridgehead atoms. The van der Waals surface area contributed by atoms with E-state index in [1.807, 2.05) is 6.07 Å². The van der Waals surface area contributed by atoms with Crippen LogP contribution in [-0.4, -0.2) is 38.8 Å². The van der Waals surface area contributed by atoms with Crippen LogP contribution in [0.5, 0.6) is 11.5 Å². The minimum Gasteiger partial charge on any atom is -0.497 e. The third kappa shape index (κ3) is 5.59. The summed E-state index contributed by atoms with van der Waals surface area (Å²) in [6, 6.07) is 12.1. The van der Waals surface area contributed by atoms with Crippen molar-refractivity contribution in [3.8, 4) is 11.5 Å². The molecule has 0 atom stereocenters. The van der Waals surface area contributed by atoms with E-state index in [-0.39, 0.29) is 12.5 Å². The molecule has 26 heavy (non-hydrogen) atoms. The maximum Gasteiger partial charge on any atom is 0.259 e. The number of ether oxygens (including phenoxy) is 2. The quantitative estimate of drug-likeness (QED) is 0.532. The highest BCUT2D eigenvalue weighted by atomic mass is 79.9. The summed E-state index contributed by atoms with van der Waals surface area (Å²) in [5.74, 6) is 0.429. The Hall–Kier alpha value is -2.87. The lowest BCUT2D eigenvalue weighted by molar-refractivity contribution is -0.120. The number of hydrazone groups is 1. The summed E-state index contributed by atoms with van der Waals surface area (Å²) in [6.07, 6.45) is 1.44. The first-order valence-electron chi connectivity index (χ1n) is 7.61. The summed E-state index contributed by atoms with van der Waals surface area (Å²) >= 11 is 3.29. The van der Waals surface area contributed by atoms with Gasteiger partial charge in [0.2, 0.25) is 0 Å². The minimum atomic E-state index is -0.452. The van der Waals surface area contributed by atoms with Gasteiger partial charge >= 0.3 is 0 Å². The predicted molar refractivity (Wildman–Crippen MR) is 102 cm³/mol. The van der Waals surface area contributed by atoms with Crippen molar-refractivity contribution in [1.82, 2.24) is 10.7 Å². The monoisotopic (exact) mass is 419 g/mol. The molecule has 2 N–H and O–H groups in total. The lowest BCUT2D eigenvalue weighted by atomic mass is 10.2. The van der Waals surface area contributed by atoms with Crippen LogP contribution in [0.15, 0.2) is 52.0 Å². The molecule has 0 aromatic heterocycles. The van der Waals surface area contributed by atoms with E-state index in [1.54, 1.807) is 43.5 Å².